The van der Waals surface area contributed by atoms with Gasteiger partial charge in [-0.15, -0.1) is 23.5 Å². The van der Waals surface area contributed by atoms with E-state index < -0.39 is 52.3 Å². The Kier molecular flexibility index (Phi) is 10.1. The van der Waals surface area contributed by atoms with Crippen LogP contribution in [-0.4, -0.2) is 81.3 Å². The third-order valence-electron chi connectivity index (χ3n) is 7.26. The number of oxime groups is 1. The molecule has 11 nitrogen and oxygen atoms in total. The number of β-lactam (4-membered cyclic amide) rings is 1. The first-order chi connectivity index (χ1) is 22.0. The van der Waals surface area contributed by atoms with Crippen molar-refractivity contribution in [2.24, 2.45) is 5.16 Å². The average Bonchev–Trinajstić information content (AvgIpc) is 3.58. The highest BCUT2D eigenvalue weighted by Gasteiger charge is 2.58. The predicted molar refractivity (Wildman–Crippen MR) is 174 cm³/mol. The highest BCUT2D eigenvalue weighted by atomic mass is 32.2. The molecule has 2 unspecified atom stereocenters. The number of ether oxygens (including phenoxy) is 2. The number of esters is 2. The summed E-state index contributed by atoms with van der Waals surface area (Å²) in [5.41, 5.74) is 0.726. The summed E-state index contributed by atoms with van der Waals surface area (Å²) in [5.74, 6) is -1.67. The van der Waals surface area contributed by atoms with Crippen molar-refractivity contribution >= 4 is 53.0 Å². The third-order valence-corrected chi connectivity index (χ3v) is 10.2. The van der Waals surface area contributed by atoms with Crippen LogP contribution < -0.4 is 5.32 Å². The number of furan rings is 1. The quantitative estimate of drug-likeness (QED) is 0.138. The zero-order chi connectivity index (χ0) is 32.9. The Hall–Kier alpha value is -4.23. The Labute approximate surface area is 275 Å². The molecule has 2 aromatic carbocycles. The van der Waals surface area contributed by atoms with E-state index in [1.54, 1.807) is 31.7 Å². The van der Waals surface area contributed by atoms with Crippen molar-refractivity contribution in [1.29, 1.82) is 0 Å². The molecule has 0 bridgehead atoms. The molecule has 0 saturated carbocycles. The zero-order valence-corrected chi connectivity index (χ0v) is 27.5. The van der Waals surface area contributed by atoms with E-state index in [1.807, 2.05) is 66.9 Å². The summed E-state index contributed by atoms with van der Waals surface area (Å²) in [4.78, 5) is 59.2. The van der Waals surface area contributed by atoms with Crippen LogP contribution in [0.1, 0.15) is 43.8 Å². The van der Waals surface area contributed by atoms with E-state index in [2.05, 4.69) is 10.5 Å². The number of hydrogen-bond donors (Lipinski definition) is 1. The fourth-order valence-corrected chi connectivity index (χ4v) is 7.57. The molecule has 3 atom stereocenters. The molecular formula is C33H35N3O8S2. The Bertz CT molecular complexity index is 1540. The molecule has 1 aromatic heterocycles. The molecule has 2 aliphatic heterocycles. The van der Waals surface area contributed by atoms with E-state index in [9.17, 15) is 19.2 Å². The molecule has 0 radical (unpaired) electrons. The van der Waals surface area contributed by atoms with Gasteiger partial charge in [-0.1, -0.05) is 65.8 Å². The predicted octanol–water partition coefficient (Wildman–Crippen LogP) is 4.18. The van der Waals surface area contributed by atoms with E-state index in [-0.39, 0.29) is 23.9 Å². The molecule has 0 aliphatic carbocycles. The third kappa shape index (κ3) is 7.42. The van der Waals surface area contributed by atoms with Crippen LogP contribution in [0.4, 0.5) is 0 Å². The maximum Gasteiger partial charge on any atom is 0.347 e. The van der Waals surface area contributed by atoms with Crippen LogP contribution in [0.3, 0.4) is 0 Å². The zero-order valence-electron chi connectivity index (χ0n) is 25.8. The summed E-state index contributed by atoms with van der Waals surface area (Å²) in [7, 11) is 0. The van der Waals surface area contributed by atoms with E-state index in [0.29, 0.717) is 5.75 Å². The molecule has 2 saturated heterocycles. The van der Waals surface area contributed by atoms with Crippen LogP contribution >= 0.6 is 23.5 Å². The van der Waals surface area contributed by atoms with Gasteiger partial charge in [0.15, 0.2) is 11.9 Å². The van der Waals surface area contributed by atoms with Gasteiger partial charge in [-0.05, 0) is 50.3 Å². The number of benzene rings is 2. The summed E-state index contributed by atoms with van der Waals surface area (Å²) in [6.07, 6.45) is 2.58. The van der Waals surface area contributed by atoms with Crippen LogP contribution in [0.2, 0.25) is 0 Å². The summed E-state index contributed by atoms with van der Waals surface area (Å²) in [6.45, 7) is 4.76. The molecule has 3 aromatic rings. The second-order valence-corrected chi connectivity index (χ2v) is 14.0. The van der Waals surface area contributed by atoms with Crippen molar-refractivity contribution in [3.05, 3.63) is 95.9 Å². The van der Waals surface area contributed by atoms with Crippen LogP contribution in [-0.2, 0) is 33.5 Å². The van der Waals surface area contributed by atoms with E-state index in [1.165, 1.54) is 35.9 Å². The Morgan fingerprint density at radius 3 is 2.28 bits per heavy atom. The highest BCUT2D eigenvalue weighted by Crippen LogP contribution is 2.44. The molecule has 0 spiro atoms. The number of rotatable bonds is 11. The molecule has 2 fully saturated rings. The van der Waals surface area contributed by atoms with Crippen LogP contribution in [0.25, 0.3) is 0 Å². The van der Waals surface area contributed by atoms with Gasteiger partial charge < -0.3 is 28.9 Å². The van der Waals surface area contributed by atoms with Gasteiger partial charge in [0.25, 0.3) is 5.91 Å². The summed E-state index contributed by atoms with van der Waals surface area (Å²) in [6, 6.07) is 21.3. The van der Waals surface area contributed by atoms with Crippen molar-refractivity contribution in [3.8, 4) is 0 Å². The van der Waals surface area contributed by atoms with Gasteiger partial charge in [-0.25, -0.2) is 4.79 Å². The van der Waals surface area contributed by atoms with E-state index >= 15 is 0 Å². The number of carbonyl (C=O) groups excluding carboxylic acids is 4. The van der Waals surface area contributed by atoms with Crippen LogP contribution in [0.15, 0.2) is 88.6 Å². The number of nitrogens with one attached hydrogen (secondary N) is 1. The molecule has 46 heavy (non-hydrogen) atoms. The van der Waals surface area contributed by atoms with Crippen molar-refractivity contribution in [1.82, 2.24) is 10.2 Å². The molecule has 13 heteroatoms. The lowest BCUT2D eigenvalue weighted by Gasteiger charge is -2.53. The minimum absolute atomic E-state index is 0.0946. The number of carbonyl (C=O) groups is 4. The molecular weight excluding hydrogens is 631 g/mol. The number of fused-ring (bicyclic) bond motifs is 1. The second-order valence-electron chi connectivity index (χ2n) is 11.7. The lowest BCUT2D eigenvalue weighted by Crippen LogP contribution is -2.75. The topological polar surface area (TPSA) is 137 Å². The van der Waals surface area contributed by atoms with Gasteiger partial charge in [0.05, 0.1) is 6.26 Å². The molecule has 3 heterocycles. The van der Waals surface area contributed by atoms with Gasteiger partial charge in [0.2, 0.25) is 18.2 Å². The van der Waals surface area contributed by atoms with E-state index in [4.69, 9.17) is 18.7 Å². The first-order valence-electron chi connectivity index (χ1n) is 14.6. The highest BCUT2D eigenvalue weighted by molar-refractivity contribution is 8.04. The van der Waals surface area contributed by atoms with Gasteiger partial charge in [0, 0.05) is 12.3 Å². The SMILES string of the molecule is CSC1(C(=O)OC(c2ccccc2)c2ccccc2)CS[C@@H]2C(NC(=O)C(=NOCC(=O)OC(C)(C)C)c3ccco3)C(=O)N2C1. The van der Waals surface area contributed by atoms with Gasteiger partial charge in [-0.2, -0.15) is 0 Å². The fraction of sp³-hybridized carbons (Fsp3) is 0.364. The molecule has 1 N–H and O–H groups in total. The van der Waals surface area contributed by atoms with Crippen molar-refractivity contribution in [2.75, 3.05) is 25.2 Å². The standard InChI is InChI=1S/C33H35N3O8S2/c1-32(2,3)44-24(37)18-42-35-25(23-16-11-17-41-23)28(38)34-26-29(39)36-19-33(45-4,20-46-30(26)36)31(40)43-27(21-12-7-5-8-13-21)22-14-9-6-10-15-22/h5-17,26-27,30H,18-20H2,1-4H3,(H,34,38)/t26?,30-,33?/m1/s1. The van der Waals surface area contributed by atoms with E-state index in [0.717, 1.165) is 11.1 Å². The van der Waals surface area contributed by atoms with Gasteiger partial charge in [-0.3, -0.25) is 14.4 Å². The monoisotopic (exact) mass is 665 g/mol. The number of nitrogens with zero attached hydrogens (tertiary/aromatic N) is 2. The largest absolute Gasteiger partial charge is 0.462 e. The van der Waals surface area contributed by atoms with Crippen molar-refractivity contribution < 1.29 is 37.9 Å². The Morgan fingerprint density at radius 2 is 1.72 bits per heavy atom. The average molecular weight is 666 g/mol. The minimum atomic E-state index is -1.01. The molecule has 5 rings (SSSR count). The number of thioether (sulfide) groups is 2. The fourth-order valence-electron chi connectivity index (χ4n) is 5.02. The van der Waals surface area contributed by atoms with Gasteiger partial charge in [0.1, 0.15) is 21.8 Å². The van der Waals surface area contributed by atoms with Crippen molar-refractivity contribution in [2.45, 2.75) is 48.6 Å². The first kappa shape index (κ1) is 33.1. The normalized spacial score (nSPS) is 21.2. The number of amides is 2. The van der Waals surface area contributed by atoms with Crippen LogP contribution in [0.5, 0.6) is 0 Å². The Balaban J connectivity index is 1.25. The van der Waals surface area contributed by atoms with Crippen molar-refractivity contribution in [3.63, 3.8) is 0 Å². The smallest absolute Gasteiger partial charge is 0.347 e. The lowest BCUT2D eigenvalue weighted by atomic mass is 10.00. The number of hydrogen-bond acceptors (Lipinski definition) is 11. The van der Waals surface area contributed by atoms with Crippen LogP contribution in [0, 0.1) is 0 Å². The molecule has 242 valence electrons. The maximum atomic E-state index is 13.9. The van der Waals surface area contributed by atoms with Gasteiger partial charge >= 0.3 is 11.9 Å². The molecule has 2 aliphatic rings. The summed E-state index contributed by atoms with van der Waals surface area (Å²) < 4.78 is 15.7. The minimum Gasteiger partial charge on any atom is -0.462 e. The lowest BCUT2D eigenvalue weighted by molar-refractivity contribution is -0.160. The second kappa shape index (κ2) is 14.0. The first-order valence-corrected chi connectivity index (χ1v) is 16.8. The summed E-state index contributed by atoms with van der Waals surface area (Å²) in [5, 5.41) is 6.15. The maximum absolute atomic E-state index is 13.9. The Morgan fingerprint density at radius 1 is 1.07 bits per heavy atom. The summed E-state index contributed by atoms with van der Waals surface area (Å²) >= 11 is 2.74. The molecule has 2 amide bonds.